The van der Waals surface area contributed by atoms with Crippen molar-refractivity contribution in [3.8, 4) is 0 Å². The standard InChI is InChI=1S/C12H16N6OS/c1-19-9-10-15-12(20-16-10)18-6-4-17(5-7-18)11-8-13-2-3-14-11/h2-3,8H,4-7,9H2,1H3. The first-order valence-electron chi connectivity index (χ1n) is 6.44. The average molecular weight is 292 g/mol. The Bertz CT molecular complexity index is 540. The van der Waals surface area contributed by atoms with Crippen molar-refractivity contribution in [1.82, 2.24) is 19.3 Å². The van der Waals surface area contributed by atoms with E-state index in [-0.39, 0.29) is 0 Å². The predicted octanol–water partition coefficient (Wildman–Crippen LogP) is 0.801. The normalized spacial score (nSPS) is 15.7. The lowest BCUT2D eigenvalue weighted by Gasteiger charge is -2.34. The number of hydrogen-bond acceptors (Lipinski definition) is 8. The molecule has 0 unspecified atom stereocenters. The molecule has 3 heterocycles. The summed E-state index contributed by atoms with van der Waals surface area (Å²) in [6.45, 7) is 4.13. The smallest absolute Gasteiger partial charge is 0.205 e. The molecule has 0 radical (unpaired) electrons. The number of aromatic nitrogens is 4. The van der Waals surface area contributed by atoms with Gasteiger partial charge >= 0.3 is 0 Å². The van der Waals surface area contributed by atoms with Crippen LogP contribution in [0, 0.1) is 0 Å². The summed E-state index contributed by atoms with van der Waals surface area (Å²) in [6.07, 6.45) is 5.22. The molecule has 8 heteroatoms. The zero-order chi connectivity index (χ0) is 13.8. The lowest BCUT2D eigenvalue weighted by Crippen LogP contribution is -2.46. The Morgan fingerprint density at radius 3 is 2.70 bits per heavy atom. The predicted molar refractivity (Wildman–Crippen MR) is 77.1 cm³/mol. The highest BCUT2D eigenvalue weighted by molar-refractivity contribution is 7.09. The van der Waals surface area contributed by atoms with E-state index >= 15 is 0 Å². The fourth-order valence-corrected chi connectivity index (χ4v) is 2.87. The number of piperazine rings is 1. The molecule has 20 heavy (non-hydrogen) atoms. The van der Waals surface area contributed by atoms with Gasteiger partial charge in [0.2, 0.25) is 5.13 Å². The maximum atomic E-state index is 5.04. The molecule has 1 aliphatic heterocycles. The van der Waals surface area contributed by atoms with E-state index in [4.69, 9.17) is 4.74 Å². The van der Waals surface area contributed by atoms with Gasteiger partial charge in [0.25, 0.3) is 0 Å². The number of nitrogens with zero attached hydrogens (tertiary/aromatic N) is 6. The average Bonchev–Trinajstić information content (AvgIpc) is 2.97. The van der Waals surface area contributed by atoms with Gasteiger partial charge in [-0.3, -0.25) is 4.98 Å². The molecule has 0 spiro atoms. The van der Waals surface area contributed by atoms with E-state index in [1.807, 2.05) is 0 Å². The van der Waals surface area contributed by atoms with Crippen molar-refractivity contribution in [3.05, 3.63) is 24.4 Å². The van der Waals surface area contributed by atoms with Crippen molar-refractivity contribution in [1.29, 1.82) is 0 Å². The highest BCUT2D eigenvalue weighted by Crippen LogP contribution is 2.20. The van der Waals surface area contributed by atoms with Crippen molar-refractivity contribution in [2.45, 2.75) is 6.61 Å². The minimum atomic E-state index is 0.468. The Hall–Kier alpha value is -1.80. The molecule has 0 bridgehead atoms. The van der Waals surface area contributed by atoms with Crippen LogP contribution in [0.15, 0.2) is 18.6 Å². The molecule has 0 aromatic carbocycles. The Labute approximate surface area is 121 Å². The molecule has 1 aliphatic rings. The third-order valence-corrected chi connectivity index (χ3v) is 3.97. The summed E-state index contributed by atoms with van der Waals surface area (Å²) < 4.78 is 9.33. The number of anilines is 2. The van der Waals surface area contributed by atoms with Gasteiger partial charge in [0, 0.05) is 57.2 Å². The van der Waals surface area contributed by atoms with Crippen LogP contribution >= 0.6 is 11.5 Å². The third kappa shape index (κ3) is 2.86. The summed E-state index contributed by atoms with van der Waals surface area (Å²) >= 11 is 1.43. The van der Waals surface area contributed by atoms with Gasteiger partial charge in [-0.05, 0) is 0 Å². The minimum Gasteiger partial charge on any atom is -0.377 e. The Morgan fingerprint density at radius 2 is 2.00 bits per heavy atom. The summed E-state index contributed by atoms with van der Waals surface area (Å²) in [5.41, 5.74) is 0. The van der Waals surface area contributed by atoms with Crippen LogP contribution in [0.3, 0.4) is 0 Å². The van der Waals surface area contributed by atoms with Crippen molar-refractivity contribution >= 4 is 22.5 Å². The highest BCUT2D eigenvalue weighted by Gasteiger charge is 2.20. The molecule has 0 amide bonds. The van der Waals surface area contributed by atoms with Crippen LogP contribution in [0.1, 0.15) is 5.82 Å². The zero-order valence-corrected chi connectivity index (χ0v) is 12.1. The first kappa shape index (κ1) is 13.2. The molecule has 7 nitrogen and oxygen atoms in total. The Kier molecular flexibility index (Phi) is 4.03. The van der Waals surface area contributed by atoms with E-state index in [2.05, 4.69) is 29.1 Å². The van der Waals surface area contributed by atoms with Crippen LogP contribution in [0.4, 0.5) is 10.9 Å². The van der Waals surface area contributed by atoms with Gasteiger partial charge in [-0.25, -0.2) is 9.97 Å². The summed E-state index contributed by atoms with van der Waals surface area (Å²) in [5, 5.41) is 0.968. The van der Waals surface area contributed by atoms with Crippen LogP contribution in [0.25, 0.3) is 0 Å². The van der Waals surface area contributed by atoms with Gasteiger partial charge in [-0.2, -0.15) is 4.37 Å². The van der Waals surface area contributed by atoms with E-state index in [9.17, 15) is 0 Å². The number of methoxy groups -OCH3 is 1. The molecule has 106 valence electrons. The van der Waals surface area contributed by atoms with Crippen LogP contribution < -0.4 is 9.80 Å². The summed E-state index contributed by atoms with van der Waals surface area (Å²) in [4.78, 5) is 17.4. The van der Waals surface area contributed by atoms with Crippen LogP contribution in [-0.4, -0.2) is 52.6 Å². The fraction of sp³-hybridized carbons (Fsp3) is 0.500. The highest BCUT2D eigenvalue weighted by atomic mass is 32.1. The topological polar surface area (TPSA) is 67.3 Å². The maximum absolute atomic E-state index is 5.04. The van der Waals surface area contributed by atoms with Crippen LogP contribution in [0.2, 0.25) is 0 Å². The molecule has 1 fully saturated rings. The van der Waals surface area contributed by atoms with Gasteiger partial charge in [0.1, 0.15) is 12.4 Å². The molecule has 1 saturated heterocycles. The van der Waals surface area contributed by atoms with Crippen LogP contribution in [0.5, 0.6) is 0 Å². The lowest BCUT2D eigenvalue weighted by molar-refractivity contribution is 0.179. The van der Waals surface area contributed by atoms with Crippen molar-refractivity contribution in [2.24, 2.45) is 0 Å². The van der Waals surface area contributed by atoms with E-state index in [0.29, 0.717) is 6.61 Å². The van der Waals surface area contributed by atoms with Gasteiger partial charge in [-0.1, -0.05) is 0 Å². The lowest BCUT2D eigenvalue weighted by atomic mass is 10.3. The van der Waals surface area contributed by atoms with Gasteiger partial charge in [0.15, 0.2) is 5.82 Å². The second-order valence-corrected chi connectivity index (χ2v) is 5.19. The number of rotatable bonds is 4. The molecule has 2 aromatic heterocycles. The minimum absolute atomic E-state index is 0.468. The molecule has 0 atom stereocenters. The van der Waals surface area contributed by atoms with E-state index in [1.54, 1.807) is 25.7 Å². The fourth-order valence-electron chi connectivity index (χ4n) is 2.14. The molecule has 0 N–H and O–H groups in total. The van der Waals surface area contributed by atoms with E-state index < -0.39 is 0 Å². The third-order valence-electron chi connectivity index (χ3n) is 3.15. The maximum Gasteiger partial charge on any atom is 0.205 e. The number of hydrogen-bond donors (Lipinski definition) is 0. The molecular formula is C12H16N6OS. The Balaban J connectivity index is 1.60. The molecular weight excluding hydrogens is 276 g/mol. The largest absolute Gasteiger partial charge is 0.377 e. The van der Waals surface area contributed by atoms with Gasteiger partial charge < -0.3 is 14.5 Å². The quantitative estimate of drug-likeness (QED) is 0.825. The van der Waals surface area contributed by atoms with Crippen LogP contribution in [-0.2, 0) is 11.3 Å². The zero-order valence-electron chi connectivity index (χ0n) is 11.3. The first-order chi connectivity index (χ1) is 9.86. The van der Waals surface area contributed by atoms with Crippen molar-refractivity contribution in [2.75, 3.05) is 43.1 Å². The molecule has 0 aliphatic carbocycles. The number of ether oxygens (including phenoxy) is 1. The van der Waals surface area contributed by atoms with E-state index in [0.717, 1.165) is 43.0 Å². The van der Waals surface area contributed by atoms with Crippen molar-refractivity contribution in [3.63, 3.8) is 0 Å². The molecule has 2 aromatic rings. The molecule has 3 rings (SSSR count). The van der Waals surface area contributed by atoms with Gasteiger partial charge in [0.05, 0.1) is 6.20 Å². The van der Waals surface area contributed by atoms with Gasteiger partial charge in [-0.15, -0.1) is 0 Å². The van der Waals surface area contributed by atoms with Crippen molar-refractivity contribution < 1.29 is 4.74 Å². The second kappa shape index (κ2) is 6.10. The monoisotopic (exact) mass is 292 g/mol. The second-order valence-electron chi connectivity index (χ2n) is 4.46. The van der Waals surface area contributed by atoms with E-state index in [1.165, 1.54) is 11.5 Å². The summed E-state index contributed by atoms with van der Waals surface area (Å²) in [7, 11) is 1.65. The summed E-state index contributed by atoms with van der Waals surface area (Å²) in [6, 6.07) is 0. The molecule has 0 saturated carbocycles. The SMILES string of the molecule is COCc1nsc(N2CCN(c3cnccn3)CC2)n1. The summed E-state index contributed by atoms with van der Waals surface area (Å²) in [5.74, 6) is 1.69. The first-order valence-corrected chi connectivity index (χ1v) is 7.21. The Morgan fingerprint density at radius 1 is 1.20 bits per heavy atom.